The second-order valence-corrected chi connectivity index (χ2v) is 6.19. The van der Waals surface area contributed by atoms with Crippen molar-refractivity contribution in [2.24, 2.45) is 0 Å². The van der Waals surface area contributed by atoms with Crippen molar-refractivity contribution < 1.29 is 0 Å². The lowest BCUT2D eigenvalue weighted by atomic mass is 9.88. The van der Waals surface area contributed by atoms with Gasteiger partial charge in [0.05, 0.1) is 0 Å². The molecule has 0 fully saturated rings. The van der Waals surface area contributed by atoms with Crippen LogP contribution in [0, 0.1) is 0 Å². The highest BCUT2D eigenvalue weighted by molar-refractivity contribution is 5.27. The van der Waals surface area contributed by atoms with Gasteiger partial charge in [-0.25, -0.2) is 0 Å². The van der Waals surface area contributed by atoms with Crippen molar-refractivity contribution in [3.63, 3.8) is 0 Å². The first-order valence-electron chi connectivity index (χ1n) is 7.93. The first-order chi connectivity index (χ1) is 10.1. The molecule has 2 aromatic rings. The summed E-state index contributed by atoms with van der Waals surface area (Å²) in [6.45, 7) is 6.78. The molecule has 0 aliphatic carbocycles. The molecule has 0 amide bonds. The molecule has 21 heavy (non-hydrogen) atoms. The van der Waals surface area contributed by atoms with Crippen molar-refractivity contribution in [2.75, 3.05) is 7.05 Å². The summed E-state index contributed by atoms with van der Waals surface area (Å²) in [6.07, 6.45) is 1.06. The monoisotopic (exact) mass is 281 g/mol. The molecule has 1 heteroatoms. The summed E-state index contributed by atoms with van der Waals surface area (Å²) in [6, 6.07) is 20.3. The molecule has 0 heterocycles. The Morgan fingerprint density at radius 3 is 1.95 bits per heavy atom. The largest absolute Gasteiger partial charge is 0.316 e. The quantitative estimate of drug-likeness (QED) is 0.806. The van der Waals surface area contributed by atoms with Crippen LogP contribution < -0.4 is 5.32 Å². The van der Waals surface area contributed by atoms with E-state index in [0.717, 1.165) is 6.42 Å². The van der Waals surface area contributed by atoms with Crippen LogP contribution in [-0.4, -0.2) is 13.1 Å². The summed E-state index contributed by atoms with van der Waals surface area (Å²) in [7, 11) is 2.06. The Kier molecular flexibility index (Phi) is 5.58. The second-order valence-electron chi connectivity index (χ2n) is 6.19. The molecule has 2 atom stereocenters. The van der Waals surface area contributed by atoms with Gasteiger partial charge in [-0.15, -0.1) is 0 Å². The highest BCUT2D eigenvalue weighted by atomic mass is 14.9. The zero-order valence-corrected chi connectivity index (χ0v) is 13.6. The van der Waals surface area contributed by atoms with E-state index >= 15 is 0 Å². The Morgan fingerprint density at radius 2 is 1.43 bits per heavy atom. The molecule has 0 bridgehead atoms. The summed E-state index contributed by atoms with van der Waals surface area (Å²) in [5.41, 5.74) is 4.22. The average Bonchev–Trinajstić information content (AvgIpc) is 2.53. The highest BCUT2D eigenvalue weighted by Crippen LogP contribution is 2.22. The third-order valence-electron chi connectivity index (χ3n) is 4.40. The number of hydrogen-bond donors (Lipinski definition) is 1. The van der Waals surface area contributed by atoms with Crippen LogP contribution >= 0.6 is 0 Å². The predicted octanol–water partition coefficient (Wildman–Crippen LogP) is 4.74. The van der Waals surface area contributed by atoms with Gasteiger partial charge in [0, 0.05) is 6.04 Å². The summed E-state index contributed by atoms with van der Waals surface area (Å²) >= 11 is 0. The molecule has 0 radical (unpaired) electrons. The van der Waals surface area contributed by atoms with Gasteiger partial charge in [-0.3, -0.25) is 0 Å². The van der Waals surface area contributed by atoms with Crippen LogP contribution in [0.2, 0.25) is 0 Å². The van der Waals surface area contributed by atoms with Gasteiger partial charge in [0.15, 0.2) is 0 Å². The molecule has 2 unspecified atom stereocenters. The van der Waals surface area contributed by atoms with E-state index in [1.807, 2.05) is 0 Å². The minimum absolute atomic E-state index is 0.456. The van der Waals surface area contributed by atoms with Gasteiger partial charge >= 0.3 is 0 Å². The molecular weight excluding hydrogens is 254 g/mol. The maximum Gasteiger partial charge on any atom is 0.0170 e. The highest BCUT2D eigenvalue weighted by Gasteiger charge is 2.17. The van der Waals surface area contributed by atoms with Crippen molar-refractivity contribution in [3.8, 4) is 0 Å². The van der Waals surface area contributed by atoms with Gasteiger partial charge in [-0.1, -0.05) is 75.4 Å². The Bertz CT molecular complexity index is 528. The smallest absolute Gasteiger partial charge is 0.0170 e. The summed E-state index contributed by atoms with van der Waals surface area (Å²) in [4.78, 5) is 0. The fraction of sp³-hybridized carbons (Fsp3) is 0.400. The fourth-order valence-electron chi connectivity index (χ4n) is 2.81. The molecule has 112 valence electrons. The van der Waals surface area contributed by atoms with Crippen LogP contribution in [0.4, 0.5) is 0 Å². The number of likely N-dealkylation sites (N-methyl/N-ethyl adjacent to an activating group) is 1. The second kappa shape index (κ2) is 7.42. The van der Waals surface area contributed by atoms with Crippen LogP contribution in [0.5, 0.6) is 0 Å². The lowest BCUT2D eigenvalue weighted by molar-refractivity contribution is 0.483. The van der Waals surface area contributed by atoms with Gasteiger partial charge in [-0.2, -0.15) is 0 Å². The van der Waals surface area contributed by atoms with Crippen molar-refractivity contribution >= 4 is 0 Å². The van der Waals surface area contributed by atoms with Crippen molar-refractivity contribution in [1.29, 1.82) is 0 Å². The summed E-state index contributed by atoms with van der Waals surface area (Å²) in [5, 5.41) is 3.49. The normalized spacial score (nSPS) is 14.1. The molecular formula is C20H27N. The maximum absolute atomic E-state index is 3.49. The number of rotatable bonds is 6. The fourth-order valence-corrected chi connectivity index (χ4v) is 2.81. The lowest BCUT2D eigenvalue weighted by Gasteiger charge is -2.24. The van der Waals surface area contributed by atoms with Crippen molar-refractivity contribution in [2.45, 2.75) is 45.1 Å². The Morgan fingerprint density at radius 1 is 0.810 bits per heavy atom. The SMILES string of the molecule is CNC(Cc1ccc(C(C)C)cc1)C(C)c1ccccc1. The topological polar surface area (TPSA) is 12.0 Å². The molecule has 0 spiro atoms. The molecule has 0 saturated carbocycles. The van der Waals surface area contributed by atoms with E-state index in [0.29, 0.717) is 17.9 Å². The molecule has 0 saturated heterocycles. The lowest BCUT2D eigenvalue weighted by Crippen LogP contribution is -2.32. The molecule has 1 nitrogen and oxygen atoms in total. The molecule has 0 aromatic heterocycles. The summed E-state index contributed by atoms with van der Waals surface area (Å²) < 4.78 is 0. The minimum atomic E-state index is 0.456. The van der Waals surface area contributed by atoms with Crippen LogP contribution in [0.3, 0.4) is 0 Å². The Labute approximate surface area is 129 Å². The minimum Gasteiger partial charge on any atom is -0.316 e. The predicted molar refractivity (Wildman–Crippen MR) is 91.9 cm³/mol. The van der Waals surface area contributed by atoms with Gasteiger partial charge < -0.3 is 5.32 Å². The van der Waals surface area contributed by atoms with Crippen molar-refractivity contribution in [3.05, 3.63) is 71.3 Å². The first kappa shape index (κ1) is 15.8. The third kappa shape index (κ3) is 4.18. The van der Waals surface area contributed by atoms with Gasteiger partial charge in [0.25, 0.3) is 0 Å². The van der Waals surface area contributed by atoms with Gasteiger partial charge in [0.1, 0.15) is 0 Å². The molecule has 0 aliphatic rings. The van der Waals surface area contributed by atoms with E-state index in [1.54, 1.807) is 0 Å². The standard InChI is InChI=1S/C20H27N/c1-15(2)18-12-10-17(11-13-18)14-20(21-4)16(3)19-8-6-5-7-9-19/h5-13,15-16,20-21H,14H2,1-4H3. The summed E-state index contributed by atoms with van der Waals surface area (Å²) in [5.74, 6) is 1.10. The molecule has 2 rings (SSSR count). The molecule has 2 aromatic carbocycles. The third-order valence-corrected chi connectivity index (χ3v) is 4.40. The van der Waals surface area contributed by atoms with E-state index in [9.17, 15) is 0 Å². The number of hydrogen-bond acceptors (Lipinski definition) is 1. The van der Waals surface area contributed by atoms with Crippen molar-refractivity contribution in [1.82, 2.24) is 5.32 Å². The maximum atomic E-state index is 3.49. The van der Waals surface area contributed by atoms with E-state index < -0.39 is 0 Å². The van der Waals surface area contributed by atoms with Crippen LogP contribution in [0.15, 0.2) is 54.6 Å². The number of benzene rings is 2. The first-order valence-corrected chi connectivity index (χ1v) is 7.93. The zero-order valence-electron chi connectivity index (χ0n) is 13.6. The van der Waals surface area contributed by atoms with Gasteiger partial charge in [-0.05, 0) is 42.0 Å². The van der Waals surface area contributed by atoms with E-state index in [4.69, 9.17) is 0 Å². The van der Waals surface area contributed by atoms with Crippen LogP contribution in [0.1, 0.15) is 49.3 Å². The average molecular weight is 281 g/mol. The molecule has 0 aliphatic heterocycles. The van der Waals surface area contributed by atoms with E-state index in [2.05, 4.69) is 87.7 Å². The zero-order chi connectivity index (χ0) is 15.2. The molecule has 1 N–H and O–H groups in total. The van der Waals surface area contributed by atoms with Crippen LogP contribution in [0.25, 0.3) is 0 Å². The Balaban J connectivity index is 2.08. The van der Waals surface area contributed by atoms with Crippen LogP contribution in [-0.2, 0) is 6.42 Å². The van der Waals surface area contributed by atoms with E-state index in [1.165, 1.54) is 16.7 Å². The Hall–Kier alpha value is -1.60. The number of nitrogens with one attached hydrogen (secondary N) is 1. The van der Waals surface area contributed by atoms with Gasteiger partial charge in [0.2, 0.25) is 0 Å². The van der Waals surface area contributed by atoms with E-state index in [-0.39, 0.29) is 0 Å².